The maximum absolute atomic E-state index is 13.5. The van der Waals surface area contributed by atoms with Crippen LogP contribution in [0.1, 0.15) is 19.3 Å². The minimum absolute atomic E-state index is 0. The summed E-state index contributed by atoms with van der Waals surface area (Å²) in [6.45, 7) is 2.03. The van der Waals surface area contributed by atoms with E-state index in [9.17, 15) is 9.18 Å². The van der Waals surface area contributed by atoms with Crippen LogP contribution >= 0.6 is 23.7 Å². The third kappa shape index (κ3) is 5.14. The largest absolute Gasteiger partial charge is 0.496 e. The fraction of sp³-hybridized carbons (Fsp3) is 0.412. The Labute approximate surface area is 156 Å². The van der Waals surface area contributed by atoms with Gasteiger partial charge in [-0.1, -0.05) is 0 Å². The van der Waals surface area contributed by atoms with Crippen molar-refractivity contribution >= 4 is 34.8 Å². The molecule has 1 fully saturated rings. The SMILES string of the molecule is COc1ccc(F)cc1-c1csc(NC(=O)CCC2CCNC2)n1.Cl. The Bertz CT molecular complexity index is 720. The van der Waals surface area contributed by atoms with Gasteiger partial charge in [-0.15, -0.1) is 23.7 Å². The maximum atomic E-state index is 13.5. The summed E-state index contributed by atoms with van der Waals surface area (Å²) >= 11 is 1.32. The van der Waals surface area contributed by atoms with Crippen LogP contribution in [0.25, 0.3) is 11.3 Å². The van der Waals surface area contributed by atoms with Crippen LogP contribution < -0.4 is 15.4 Å². The lowest BCUT2D eigenvalue weighted by atomic mass is 10.0. The van der Waals surface area contributed by atoms with Crippen LogP contribution in [-0.4, -0.2) is 31.1 Å². The highest BCUT2D eigenvalue weighted by molar-refractivity contribution is 7.14. The van der Waals surface area contributed by atoms with E-state index in [1.54, 1.807) is 11.4 Å². The molecule has 0 bridgehead atoms. The summed E-state index contributed by atoms with van der Waals surface area (Å²) in [6.07, 6.45) is 2.51. The van der Waals surface area contributed by atoms with Gasteiger partial charge in [-0.2, -0.15) is 0 Å². The molecule has 0 aliphatic carbocycles. The topological polar surface area (TPSA) is 63.2 Å². The Balaban J connectivity index is 0.00000225. The molecule has 1 unspecified atom stereocenters. The number of rotatable bonds is 6. The Morgan fingerprint density at radius 3 is 3.08 bits per heavy atom. The first-order chi connectivity index (χ1) is 11.7. The first-order valence-electron chi connectivity index (χ1n) is 7.95. The lowest BCUT2D eigenvalue weighted by Gasteiger charge is -2.07. The highest BCUT2D eigenvalue weighted by Crippen LogP contribution is 2.32. The molecule has 1 amide bonds. The zero-order valence-corrected chi connectivity index (χ0v) is 15.5. The van der Waals surface area contributed by atoms with Gasteiger partial charge in [0.05, 0.1) is 12.8 Å². The van der Waals surface area contributed by atoms with Crippen molar-refractivity contribution in [2.24, 2.45) is 5.92 Å². The van der Waals surface area contributed by atoms with Gasteiger partial charge >= 0.3 is 0 Å². The predicted octanol–water partition coefficient (Wildman–Crippen LogP) is 3.71. The predicted molar refractivity (Wildman–Crippen MR) is 100 cm³/mol. The molecule has 2 aromatic rings. The van der Waals surface area contributed by atoms with Gasteiger partial charge in [-0.3, -0.25) is 4.79 Å². The summed E-state index contributed by atoms with van der Waals surface area (Å²) < 4.78 is 18.7. The fourth-order valence-electron chi connectivity index (χ4n) is 2.81. The van der Waals surface area contributed by atoms with Crippen molar-refractivity contribution in [1.82, 2.24) is 10.3 Å². The lowest BCUT2D eigenvalue weighted by Crippen LogP contribution is -2.14. The minimum Gasteiger partial charge on any atom is -0.496 e. The number of aromatic nitrogens is 1. The van der Waals surface area contributed by atoms with E-state index in [1.807, 2.05) is 0 Å². The molecule has 1 aromatic carbocycles. The summed E-state index contributed by atoms with van der Waals surface area (Å²) in [5.41, 5.74) is 1.16. The molecule has 0 spiro atoms. The monoisotopic (exact) mass is 385 g/mol. The molecule has 2 heterocycles. The van der Waals surface area contributed by atoms with Crippen molar-refractivity contribution in [1.29, 1.82) is 0 Å². The Morgan fingerprint density at radius 2 is 2.36 bits per heavy atom. The van der Waals surface area contributed by atoms with Crippen molar-refractivity contribution in [3.63, 3.8) is 0 Å². The molecule has 0 radical (unpaired) electrons. The molecule has 2 N–H and O–H groups in total. The summed E-state index contributed by atoms with van der Waals surface area (Å²) in [5.74, 6) is 0.746. The fourth-order valence-corrected chi connectivity index (χ4v) is 3.54. The van der Waals surface area contributed by atoms with Gasteiger partial charge in [-0.25, -0.2) is 9.37 Å². The lowest BCUT2D eigenvalue weighted by molar-refractivity contribution is -0.116. The number of halogens is 2. The molecule has 1 aromatic heterocycles. The molecule has 0 saturated carbocycles. The van der Waals surface area contributed by atoms with E-state index in [4.69, 9.17) is 4.74 Å². The van der Waals surface area contributed by atoms with Gasteiger partial charge < -0.3 is 15.4 Å². The molecule has 3 rings (SSSR count). The number of carbonyl (C=O) groups is 1. The van der Waals surface area contributed by atoms with E-state index in [0.29, 0.717) is 34.5 Å². The van der Waals surface area contributed by atoms with E-state index in [-0.39, 0.29) is 24.1 Å². The van der Waals surface area contributed by atoms with Crippen LogP contribution in [0.2, 0.25) is 0 Å². The van der Waals surface area contributed by atoms with E-state index in [1.165, 1.54) is 30.6 Å². The summed E-state index contributed by atoms with van der Waals surface area (Å²) in [6, 6.07) is 4.29. The normalized spacial score (nSPS) is 16.3. The first-order valence-corrected chi connectivity index (χ1v) is 8.83. The van der Waals surface area contributed by atoms with Crippen molar-refractivity contribution in [3.8, 4) is 17.0 Å². The highest BCUT2D eigenvalue weighted by Gasteiger charge is 2.17. The van der Waals surface area contributed by atoms with Crippen LogP contribution in [0.15, 0.2) is 23.6 Å². The van der Waals surface area contributed by atoms with Crippen LogP contribution in [0.4, 0.5) is 9.52 Å². The number of methoxy groups -OCH3 is 1. The second-order valence-corrected chi connectivity index (χ2v) is 6.69. The van der Waals surface area contributed by atoms with Gasteiger partial charge in [0.25, 0.3) is 0 Å². The Hall–Kier alpha value is -1.70. The molecule has 25 heavy (non-hydrogen) atoms. The van der Waals surface area contributed by atoms with Crippen molar-refractivity contribution in [3.05, 3.63) is 29.4 Å². The standard InChI is InChI=1S/C17H20FN3O2S.ClH/c1-23-15-4-3-12(18)8-13(15)14-10-24-17(20-14)21-16(22)5-2-11-6-7-19-9-11;/h3-4,8,10-11,19H,2,5-7,9H2,1H3,(H,20,21,22);1H. The van der Waals surface area contributed by atoms with Crippen LogP contribution in [-0.2, 0) is 4.79 Å². The average molecular weight is 386 g/mol. The first kappa shape index (κ1) is 19.6. The summed E-state index contributed by atoms with van der Waals surface area (Å²) in [7, 11) is 1.53. The highest BCUT2D eigenvalue weighted by atomic mass is 35.5. The molecule has 8 heteroatoms. The molecular formula is C17H21ClFN3O2S. The second-order valence-electron chi connectivity index (χ2n) is 5.83. The van der Waals surface area contributed by atoms with Gasteiger partial charge in [-0.05, 0) is 50.0 Å². The number of nitrogens with one attached hydrogen (secondary N) is 2. The molecule has 1 aliphatic heterocycles. The second kappa shape index (κ2) is 9.12. The molecule has 136 valence electrons. The van der Waals surface area contributed by atoms with Crippen molar-refractivity contribution in [2.75, 3.05) is 25.5 Å². The molecular weight excluding hydrogens is 365 g/mol. The van der Waals surface area contributed by atoms with Crippen LogP contribution in [0.3, 0.4) is 0 Å². The van der Waals surface area contributed by atoms with Crippen molar-refractivity contribution in [2.45, 2.75) is 19.3 Å². The number of carbonyl (C=O) groups excluding carboxylic acids is 1. The quantitative estimate of drug-likeness (QED) is 0.795. The number of amides is 1. The Morgan fingerprint density at radius 1 is 1.52 bits per heavy atom. The van der Waals surface area contributed by atoms with Gasteiger partial charge in [0.15, 0.2) is 5.13 Å². The molecule has 1 aliphatic rings. The van der Waals surface area contributed by atoms with E-state index in [0.717, 1.165) is 25.9 Å². The number of anilines is 1. The Kier molecular flexibility index (Phi) is 7.16. The number of hydrogen-bond donors (Lipinski definition) is 2. The van der Waals surface area contributed by atoms with Gasteiger partial charge in [0.2, 0.25) is 5.91 Å². The number of nitrogens with zero attached hydrogens (tertiary/aromatic N) is 1. The van der Waals surface area contributed by atoms with Crippen LogP contribution in [0.5, 0.6) is 5.75 Å². The zero-order valence-electron chi connectivity index (χ0n) is 13.9. The number of ether oxygens (including phenoxy) is 1. The molecule has 1 saturated heterocycles. The van der Waals surface area contributed by atoms with Gasteiger partial charge in [0.1, 0.15) is 11.6 Å². The van der Waals surface area contributed by atoms with Crippen LogP contribution in [0, 0.1) is 11.7 Å². The van der Waals surface area contributed by atoms with Crippen molar-refractivity contribution < 1.29 is 13.9 Å². The minimum atomic E-state index is -0.352. The third-order valence-corrected chi connectivity index (χ3v) is 4.89. The number of thiazole rings is 1. The van der Waals surface area contributed by atoms with E-state index in [2.05, 4.69) is 15.6 Å². The van der Waals surface area contributed by atoms with E-state index >= 15 is 0 Å². The molecule has 5 nitrogen and oxygen atoms in total. The third-order valence-electron chi connectivity index (χ3n) is 4.13. The maximum Gasteiger partial charge on any atom is 0.226 e. The summed E-state index contributed by atoms with van der Waals surface area (Å²) in [5, 5.41) is 8.42. The zero-order chi connectivity index (χ0) is 16.9. The van der Waals surface area contributed by atoms with E-state index < -0.39 is 0 Å². The average Bonchev–Trinajstić information content (AvgIpc) is 3.24. The smallest absolute Gasteiger partial charge is 0.226 e. The number of benzene rings is 1. The molecule has 1 atom stereocenters. The van der Waals surface area contributed by atoms with Gasteiger partial charge in [0, 0.05) is 17.4 Å². The summed E-state index contributed by atoms with van der Waals surface area (Å²) in [4.78, 5) is 16.4. The number of hydrogen-bond acceptors (Lipinski definition) is 5.